The summed E-state index contributed by atoms with van der Waals surface area (Å²) in [5, 5.41) is 12.1. The van der Waals surface area contributed by atoms with Gasteiger partial charge in [-0.2, -0.15) is 0 Å². The molecule has 1 aliphatic heterocycles. The Kier molecular flexibility index (Phi) is 4.38. The van der Waals surface area contributed by atoms with Crippen LogP contribution in [0.3, 0.4) is 0 Å². The first kappa shape index (κ1) is 16.1. The van der Waals surface area contributed by atoms with Crippen LogP contribution in [0.15, 0.2) is 59.1 Å². The molecule has 3 aromatic rings. The highest BCUT2D eigenvalue weighted by molar-refractivity contribution is 8.02. The largest absolute Gasteiger partial charge is 0.494 e. The van der Waals surface area contributed by atoms with Gasteiger partial charge >= 0.3 is 0 Å². The fraction of sp³-hybridized carbons (Fsp3) is 0.111. The first-order valence-electron chi connectivity index (χ1n) is 7.83. The average Bonchev–Trinajstić information content (AvgIpc) is 3.06. The third-order valence-corrected chi connectivity index (χ3v) is 4.79. The van der Waals surface area contributed by atoms with Crippen molar-refractivity contribution in [2.24, 2.45) is 0 Å². The maximum absolute atomic E-state index is 5.98. The van der Waals surface area contributed by atoms with Crippen LogP contribution in [-0.2, 0) is 0 Å². The number of hydrogen-bond acceptors (Lipinski definition) is 5. The van der Waals surface area contributed by atoms with Crippen LogP contribution in [0.5, 0.6) is 5.75 Å². The Hall–Kier alpha value is -2.44. The second-order valence-corrected chi connectivity index (χ2v) is 6.64. The van der Waals surface area contributed by atoms with Crippen LogP contribution in [0, 0.1) is 0 Å². The van der Waals surface area contributed by atoms with Crippen LogP contribution >= 0.6 is 23.4 Å². The van der Waals surface area contributed by atoms with Gasteiger partial charge in [-0.25, -0.2) is 4.68 Å². The van der Waals surface area contributed by atoms with Crippen molar-refractivity contribution < 1.29 is 4.74 Å². The molecule has 7 heteroatoms. The number of hydrogen-bond donors (Lipinski definition) is 1. The summed E-state index contributed by atoms with van der Waals surface area (Å²) in [7, 11) is 0. The Bertz CT molecular complexity index is 937. The normalized spacial score (nSPS) is 13.0. The molecule has 0 unspecified atom stereocenters. The predicted octanol–water partition coefficient (Wildman–Crippen LogP) is 4.65. The van der Waals surface area contributed by atoms with Gasteiger partial charge in [-0.05, 0) is 31.2 Å². The van der Waals surface area contributed by atoms with Crippen LogP contribution < -0.4 is 10.2 Å². The lowest BCUT2D eigenvalue weighted by molar-refractivity contribution is 0.340. The fourth-order valence-electron chi connectivity index (χ4n) is 2.55. The number of aromatic nitrogens is 3. The molecule has 0 atom stereocenters. The quantitative estimate of drug-likeness (QED) is 0.724. The van der Waals surface area contributed by atoms with E-state index in [0.29, 0.717) is 11.6 Å². The fourth-order valence-corrected chi connectivity index (χ4v) is 3.41. The molecule has 0 amide bonds. The van der Waals surface area contributed by atoms with Gasteiger partial charge in [0.05, 0.1) is 12.3 Å². The number of ether oxygens (including phenoxy) is 1. The average molecular weight is 371 g/mol. The van der Waals surface area contributed by atoms with Crippen molar-refractivity contribution in [1.82, 2.24) is 14.9 Å². The van der Waals surface area contributed by atoms with Gasteiger partial charge < -0.3 is 4.74 Å². The zero-order chi connectivity index (χ0) is 17.2. The van der Waals surface area contributed by atoms with Crippen molar-refractivity contribution in [2.45, 2.75) is 12.1 Å². The second kappa shape index (κ2) is 6.82. The van der Waals surface area contributed by atoms with Crippen LogP contribution in [-0.4, -0.2) is 21.5 Å². The minimum atomic E-state index is 0.624. The maximum Gasteiger partial charge on any atom is 0.214 e. The molecule has 1 N–H and O–H groups in total. The van der Waals surface area contributed by atoms with Gasteiger partial charge in [0.1, 0.15) is 5.75 Å². The Morgan fingerprint density at radius 3 is 2.76 bits per heavy atom. The smallest absolute Gasteiger partial charge is 0.214 e. The van der Waals surface area contributed by atoms with E-state index in [1.54, 1.807) is 0 Å². The van der Waals surface area contributed by atoms with Crippen molar-refractivity contribution in [3.05, 3.63) is 64.5 Å². The van der Waals surface area contributed by atoms with E-state index in [4.69, 9.17) is 16.3 Å². The van der Waals surface area contributed by atoms with E-state index in [1.165, 1.54) is 11.8 Å². The summed E-state index contributed by atoms with van der Waals surface area (Å²) in [5.41, 5.74) is 6.33. The topological polar surface area (TPSA) is 52.0 Å². The standard InChI is InChI=1S/C18H15ClN4OS/c1-2-24-15-5-3-4-13(10-15)17-20-21-18-23(17)22-16(11-25-18)12-6-8-14(19)9-7-12/h3-11,22H,2H2,1H3. The lowest BCUT2D eigenvalue weighted by atomic mass is 10.2. The number of halogens is 1. The molecule has 0 saturated heterocycles. The van der Waals surface area contributed by atoms with E-state index in [0.717, 1.165) is 33.6 Å². The van der Waals surface area contributed by atoms with Crippen molar-refractivity contribution >= 4 is 29.1 Å². The molecule has 4 rings (SSSR count). The minimum Gasteiger partial charge on any atom is -0.494 e. The summed E-state index contributed by atoms with van der Waals surface area (Å²) in [6, 6.07) is 15.5. The molecule has 2 aromatic carbocycles. The minimum absolute atomic E-state index is 0.624. The van der Waals surface area contributed by atoms with Gasteiger partial charge in [0.15, 0.2) is 5.82 Å². The van der Waals surface area contributed by atoms with Crippen LogP contribution in [0.1, 0.15) is 12.5 Å². The highest BCUT2D eigenvalue weighted by Crippen LogP contribution is 2.32. The zero-order valence-corrected chi connectivity index (χ0v) is 15.0. The van der Waals surface area contributed by atoms with Gasteiger partial charge in [-0.15, -0.1) is 10.2 Å². The van der Waals surface area contributed by atoms with Crippen molar-refractivity contribution in [3.63, 3.8) is 0 Å². The molecule has 2 heterocycles. The summed E-state index contributed by atoms with van der Waals surface area (Å²) in [6.45, 7) is 2.59. The van der Waals surface area contributed by atoms with Crippen molar-refractivity contribution in [2.75, 3.05) is 12.0 Å². The molecule has 25 heavy (non-hydrogen) atoms. The second-order valence-electron chi connectivity index (χ2n) is 5.37. The molecule has 0 fully saturated rings. The molecule has 0 saturated carbocycles. The summed E-state index contributed by atoms with van der Waals surface area (Å²) in [4.78, 5) is 0. The molecular formula is C18H15ClN4OS. The summed E-state index contributed by atoms with van der Waals surface area (Å²) in [5.74, 6) is 1.55. The van der Waals surface area contributed by atoms with E-state index < -0.39 is 0 Å². The number of fused-ring (bicyclic) bond motifs is 1. The number of nitrogens with zero attached hydrogens (tertiary/aromatic N) is 3. The summed E-state index contributed by atoms with van der Waals surface area (Å²) >= 11 is 7.50. The number of thioether (sulfide) groups is 1. The molecule has 1 aromatic heterocycles. The predicted molar refractivity (Wildman–Crippen MR) is 101 cm³/mol. The third-order valence-electron chi connectivity index (χ3n) is 3.71. The first-order chi connectivity index (χ1) is 12.2. The summed E-state index contributed by atoms with van der Waals surface area (Å²) in [6.07, 6.45) is 0. The molecule has 0 bridgehead atoms. The van der Waals surface area contributed by atoms with Crippen molar-refractivity contribution in [1.29, 1.82) is 0 Å². The Morgan fingerprint density at radius 1 is 1.12 bits per heavy atom. The van der Waals surface area contributed by atoms with Gasteiger partial charge in [-0.3, -0.25) is 5.43 Å². The third kappa shape index (κ3) is 3.23. The van der Waals surface area contributed by atoms with Gasteiger partial charge in [0, 0.05) is 21.6 Å². The molecule has 1 aliphatic rings. The highest BCUT2D eigenvalue weighted by atomic mass is 35.5. The SMILES string of the molecule is CCOc1cccc(-c2nnc3n2NC(c2ccc(Cl)cc2)=CS3)c1. The molecule has 0 radical (unpaired) electrons. The first-order valence-corrected chi connectivity index (χ1v) is 9.09. The summed E-state index contributed by atoms with van der Waals surface area (Å²) < 4.78 is 7.47. The molecule has 126 valence electrons. The van der Waals surface area contributed by atoms with Crippen LogP contribution in [0.25, 0.3) is 17.1 Å². The zero-order valence-electron chi connectivity index (χ0n) is 13.4. The highest BCUT2D eigenvalue weighted by Gasteiger charge is 2.19. The van der Waals surface area contributed by atoms with E-state index in [1.807, 2.05) is 65.5 Å². The van der Waals surface area contributed by atoms with Crippen LogP contribution in [0.2, 0.25) is 5.02 Å². The lowest BCUT2D eigenvalue weighted by Gasteiger charge is -2.19. The van der Waals surface area contributed by atoms with Crippen LogP contribution in [0.4, 0.5) is 0 Å². The Labute approximate surface area is 154 Å². The number of nitrogens with one attached hydrogen (secondary N) is 1. The molecule has 0 spiro atoms. The Morgan fingerprint density at radius 2 is 1.96 bits per heavy atom. The molecule has 5 nitrogen and oxygen atoms in total. The number of benzene rings is 2. The Balaban J connectivity index is 1.67. The molecule has 0 aliphatic carbocycles. The molecular weight excluding hydrogens is 356 g/mol. The lowest BCUT2D eigenvalue weighted by Crippen LogP contribution is -2.18. The van der Waals surface area contributed by atoms with E-state index in [2.05, 4.69) is 15.6 Å². The van der Waals surface area contributed by atoms with Gasteiger partial charge in [0.25, 0.3) is 0 Å². The van der Waals surface area contributed by atoms with E-state index in [9.17, 15) is 0 Å². The van der Waals surface area contributed by atoms with E-state index >= 15 is 0 Å². The maximum atomic E-state index is 5.98. The van der Waals surface area contributed by atoms with Gasteiger partial charge in [-0.1, -0.05) is 47.6 Å². The monoisotopic (exact) mass is 370 g/mol. The van der Waals surface area contributed by atoms with E-state index in [-0.39, 0.29) is 0 Å². The van der Waals surface area contributed by atoms with Crippen molar-refractivity contribution in [3.8, 4) is 17.1 Å². The number of rotatable bonds is 4. The van der Waals surface area contributed by atoms with Gasteiger partial charge in [0.2, 0.25) is 5.16 Å².